The molecule has 1 aliphatic rings. The van der Waals surface area contributed by atoms with Crippen molar-refractivity contribution < 1.29 is 32.2 Å². The average molecular weight is 429 g/mol. The van der Waals surface area contributed by atoms with Crippen LogP contribution in [-0.2, 0) is 15.1 Å². The lowest BCUT2D eigenvalue weighted by Gasteiger charge is -2.39. The van der Waals surface area contributed by atoms with E-state index in [0.717, 1.165) is 6.07 Å². The van der Waals surface area contributed by atoms with E-state index in [4.69, 9.17) is 21.1 Å². The van der Waals surface area contributed by atoms with Crippen LogP contribution in [0, 0.1) is 0 Å². The van der Waals surface area contributed by atoms with Crippen LogP contribution in [0.2, 0.25) is 5.02 Å². The van der Waals surface area contributed by atoms with Crippen LogP contribution in [0.1, 0.15) is 18.4 Å². The van der Waals surface area contributed by atoms with Gasteiger partial charge in [0.25, 0.3) is 0 Å². The Morgan fingerprint density at radius 3 is 2.72 bits per heavy atom. The third-order valence-electron chi connectivity index (χ3n) is 4.44. The number of methoxy groups -OCH3 is 1. The molecule has 0 spiro atoms. The zero-order valence-electron chi connectivity index (χ0n) is 15.1. The second-order valence-electron chi connectivity index (χ2n) is 6.31. The molecule has 6 nitrogen and oxygen atoms in total. The number of anilines is 2. The van der Waals surface area contributed by atoms with Crippen LogP contribution in [0.5, 0.6) is 5.75 Å². The van der Waals surface area contributed by atoms with Gasteiger partial charge in [-0.25, -0.2) is 4.79 Å². The molecule has 0 fully saturated rings. The predicted molar refractivity (Wildman–Crippen MR) is 100 cm³/mol. The molecule has 0 aliphatic carbocycles. The lowest BCUT2D eigenvalue weighted by molar-refractivity contribution is -0.267. The van der Waals surface area contributed by atoms with E-state index in [-0.39, 0.29) is 16.3 Å². The van der Waals surface area contributed by atoms with Gasteiger partial charge in [-0.3, -0.25) is 10.1 Å². The number of cyclic esters (lactones) is 1. The summed E-state index contributed by atoms with van der Waals surface area (Å²) >= 11 is 5.86. The van der Waals surface area contributed by atoms with E-state index in [0.29, 0.717) is 11.4 Å². The SMILES string of the molecule is COc1cccc(NC(=O)CCC2(C(F)(F)F)OC(=O)Nc3ccc(Cl)cc32)c1. The molecule has 1 heterocycles. The van der Waals surface area contributed by atoms with E-state index < -0.39 is 36.6 Å². The fourth-order valence-electron chi connectivity index (χ4n) is 3.06. The Bertz CT molecular complexity index is 951. The van der Waals surface area contributed by atoms with Gasteiger partial charge in [-0.1, -0.05) is 17.7 Å². The predicted octanol–water partition coefficient (Wildman–Crippen LogP) is 5.09. The van der Waals surface area contributed by atoms with Gasteiger partial charge < -0.3 is 14.8 Å². The van der Waals surface area contributed by atoms with Crippen molar-refractivity contribution in [2.24, 2.45) is 0 Å². The van der Waals surface area contributed by atoms with Crippen molar-refractivity contribution in [2.75, 3.05) is 17.7 Å². The molecule has 2 amide bonds. The van der Waals surface area contributed by atoms with Crippen molar-refractivity contribution in [3.8, 4) is 5.75 Å². The number of ether oxygens (including phenoxy) is 2. The molecule has 0 aromatic heterocycles. The van der Waals surface area contributed by atoms with Gasteiger partial charge in [0.15, 0.2) is 0 Å². The Balaban J connectivity index is 1.86. The van der Waals surface area contributed by atoms with E-state index in [1.165, 1.54) is 25.3 Å². The molecule has 1 aliphatic heterocycles. The first-order chi connectivity index (χ1) is 13.6. The van der Waals surface area contributed by atoms with E-state index >= 15 is 0 Å². The molecule has 2 aromatic carbocycles. The number of carbonyl (C=O) groups is 2. The maximum absolute atomic E-state index is 14.1. The second kappa shape index (κ2) is 7.82. The highest BCUT2D eigenvalue weighted by molar-refractivity contribution is 6.30. The standard InChI is InChI=1S/C19H16ClF3N2O4/c1-28-13-4-2-3-12(10-13)24-16(26)7-8-18(19(21,22)23)14-9-11(20)5-6-15(14)25-17(27)29-18/h2-6,9-10H,7-8H2,1H3,(H,24,26)(H,25,27). The van der Waals surface area contributed by atoms with E-state index in [1.807, 2.05) is 0 Å². The van der Waals surface area contributed by atoms with Gasteiger partial charge in [0, 0.05) is 35.2 Å². The zero-order chi connectivity index (χ0) is 21.2. The Morgan fingerprint density at radius 1 is 1.28 bits per heavy atom. The molecule has 0 saturated heterocycles. The molecule has 0 saturated carbocycles. The van der Waals surface area contributed by atoms with Gasteiger partial charge in [0.2, 0.25) is 11.5 Å². The number of halogens is 4. The molecule has 3 rings (SSSR count). The molecule has 10 heteroatoms. The number of alkyl halides is 3. The number of rotatable bonds is 5. The molecule has 2 aromatic rings. The normalized spacial score (nSPS) is 18.3. The lowest BCUT2D eigenvalue weighted by Crippen LogP contribution is -2.50. The number of carbonyl (C=O) groups excluding carboxylic acids is 2. The summed E-state index contributed by atoms with van der Waals surface area (Å²) in [6.07, 6.45) is -7.60. The minimum absolute atomic E-state index is 0.0398. The Labute approximate surface area is 168 Å². The monoisotopic (exact) mass is 428 g/mol. The molecule has 0 bridgehead atoms. The van der Waals surface area contributed by atoms with Crippen molar-refractivity contribution in [1.82, 2.24) is 0 Å². The molecule has 1 unspecified atom stereocenters. The summed E-state index contributed by atoms with van der Waals surface area (Å²) in [6.45, 7) is 0. The first-order valence-corrected chi connectivity index (χ1v) is 8.83. The molecule has 29 heavy (non-hydrogen) atoms. The summed E-state index contributed by atoms with van der Waals surface area (Å²) in [6, 6.07) is 10.1. The van der Waals surface area contributed by atoms with Crippen molar-refractivity contribution in [1.29, 1.82) is 0 Å². The maximum Gasteiger partial charge on any atom is 0.432 e. The Morgan fingerprint density at radius 2 is 2.03 bits per heavy atom. The fourth-order valence-corrected chi connectivity index (χ4v) is 3.23. The third-order valence-corrected chi connectivity index (χ3v) is 4.67. The zero-order valence-corrected chi connectivity index (χ0v) is 15.9. The summed E-state index contributed by atoms with van der Waals surface area (Å²) in [5, 5.41) is 4.76. The number of fused-ring (bicyclic) bond motifs is 1. The van der Waals surface area contributed by atoms with Crippen molar-refractivity contribution in [3.05, 3.63) is 53.1 Å². The first-order valence-electron chi connectivity index (χ1n) is 8.45. The maximum atomic E-state index is 14.1. The summed E-state index contributed by atoms with van der Waals surface area (Å²) in [4.78, 5) is 24.1. The number of hydrogen-bond acceptors (Lipinski definition) is 4. The van der Waals surface area contributed by atoms with Gasteiger partial charge >= 0.3 is 12.3 Å². The van der Waals surface area contributed by atoms with Crippen molar-refractivity contribution in [2.45, 2.75) is 24.6 Å². The van der Waals surface area contributed by atoms with Gasteiger partial charge in [0.1, 0.15) is 5.75 Å². The van der Waals surface area contributed by atoms with Gasteiger partial charge in [-0.05, 0) is 30.3 Å². The number of benzene rings is 2. The highest BCUT2D eigenvalue weighted by atomic mass is 35.5. The average Bonchev–Trinajstić information content (AvgIpc) is 2.65. The van der Waals surface area contributed by atoms with Crippen LogP contribution >= 0.6 is 11.6 Å². The molecular formula is C19H16ClF3N2O4. The minimum atomic E-state index is -4.97. The molecule has 0 radical (unpaired) electrons. The van der Waals surface area contributed by atoms with Crippen LogP contribution in [0.25, 0.3) is 0 Å². The van der Waals surface area contributed by atoms with Gasteiger partial charge in [-0.15, -0.1) is 0 Å². The van der Waals surface area contributed by atoms with Crippen LogP contribution < -0.4 is 15.4 Å². The first kappa shape index (κ1) is 20.8. The van der Waals surface area contributed by atoms with E-state index in [1.54, 1.807) is 18.2 Å². The summed E-state index contributed by atoms with van der Waals surface area (Å²) in [5.74, 6) is -0.203. The quantitative estimate of drug-likeness (QED) is 0.695. The van der Waals surface area contributed by atoms with Crippen LogP contribution in [0.15, 0.2) is 42.5 Å². The second-order valence-corrected chi connectivity index (χ2v) is 6.75. The fraction of sp³-hybridized carbons (Fsp3) is 0.263. The van der Waals surface area contributed by atoms with E-state index in [9.17, 15) is 22.8 Å². The Kier molecular flexibility index (Phi) is 5.61. The number of nitrogens with one attached hydrogen (secondary N) is 2. The highest BCUT2D eigenvalue weighted by Crippen LogP contribution is 2.50. The Hall–Kier alpha value is -2.94. The highest BCUT2D eigenvalue weighted by Gasteiger charge is 2.62. The number of hydrogen-bond donors (Lipinski definition) is 2. The molecule has 154 valence electrons. The van der Waals surface area contributed by atoms with Crippen molar-refractivity contribution >= 4 is 35.0 Å². The van der Waals surface area contributed by atoms with Gasteiger partial charge in [0.05, 0.1) is 12.8 Å². The molecule has 1 atom stereocenters. The summed E-state index contributed by atoms with van der Waals surface area (Å²) in [5.41, 5.74) is -3.06. The summed E-state index contributed by atoms with van der Waals surface area (Å²) < 4.78 is 51.9. The lowest BCUT2D eigenvalue weighted by atomic mass is 9.85. The summed E-state index contributed by atoms with van der Waals surface area (Å²) in [7, 11) is 1.45. The van der Waals surface area contributed by atoms with Crippen LogP contribution in [0.4, 0.5) is 29.3 Å². The van der Waals surface area contributed by atoms with Crippen molar-refractivity contribution in [3.63, 3.8) is 0 Å². The van der Waals surface area contributed by atoms with Crippen LogP contribution in [-0.4, -0.2) is 25.3 Å². The van der Waals surface area contributed by atoms with E-state index in [2.05, 4.69) is 10.6 Å². The molecular weight excluding hydrogens is 413 g/mol. The molecule has 2 N–H and O–H groups in total. The topological polar surface area (TPSA) is 76.7 Å². The van der Waals surface area contributed by atoms with Crippen LogP contribution in [0.3, 0.4) is 0 Å². The third kappa shape index (κ3) is 4.24. The van der Waals surface area contributed by atoms with Gasteiger partial charge in [-0.2, -0.15) is 13.2 Å². The largest absolute Gasteiger partial charge is 0.497 e. The number of amides is 2. The minimum Gasteiger partial charge on any atom is -0.497 e. The smallest absolute Gasteiger partial charge is 0.432 e.